The molecule has 17 heavy (non-hydrogen) atoms. The summed E-state index contributed by atoms with van der Waals surface area (Å²) in [4.78, 5) is 14.2. The molecule has 2 aliphatic rings. The summed E-state index contributed by atoms with van der Waals surface area (Å²) >= 11 is 5.32. The predicted octanol–water partition coefficient (Wildman–Crippen LogP) is 2.59. The van der Waals surface area contributed by atoms with Crippen molar-refractivity contribution in [3.05, 3.63) is 0 Å². The summed E-state index contributed by atoms with van der Waals surface area (Å²) in [6.07, 6.45) is 9.14. The summed E-state index contributed by atoms with van der Waals surface area (Å²) in [7, 11) is 0. The van der Waals surface area contributed by atoms with Gasteiger partial charge in [-0.3, -0.25) is 9.69 Å². The van der Waals surface area contributed by atoms with E-state index in [0.717, 1.165) is 32.1 Å². The van der Waals surface area contributed by atoms with Crippen LogP contribution in [0.3, 0.4) is 0 Å². The van der Waals surface area contributed by atoms with Gasteiger partial charge in [0.2, 0.25) is 0 Å². The Bertz CT molecular complexity index is 300. The van der Waals surface area contributed by atoms with Gasteiger partial charge in [-0.2, -0.15) is 0 Å². The van der Waals surface area contributed by atoms with Crippen molar-refractivity contribution in [2.24, 2.45) is 0 Å². The van der Waals surface area contributed by atoms with Gasteiger partial charge in [0.15, 0.2) is 5.11 Å². The second kappa shape index (κ2) is 5.80. The van der Waals surface area contributed by atoms with Crippen molar-refractivity contribution < 1.29 is 4.79 Å². The molecule has 0 aromatic carbocycles. The SMILES string of the molecule is CCCC[C@@H]1NC(=S)N(C2CCCCC2)C1=O. The lowest BCUT2D eigenvalue weighted by Gasteiger charge is -2.30. The molecule has 1 amide bonds. The minimum Gasteiger partial charge on any atom is -0.350 e. The van der Waals surface area contributed by atoms with E-state index in [1.54, 1.807) is 0 Å². The molecule has 96 valence electrons. The molecule has 1 atom stereocenters. The fourth-order valence-electron chi connectivity index (χ4n) is 2.84. The Labute approximate surface area is 109 Å². The topological polar surface area (TPSA) is 32.3 Å². The van der Waals surface area contributed by atoms with Crippen molar-refractivity contribution >= 4 is 23.2 Å². The summed E-state index contributed by atoms with van der Waals surface area (Å²) in [5.41, 5.74) is 0. The Kier molecular flexibility index (Phi) is 4.37. The van der Waals surface area contributed by atoms with Crippen LogP contribution in [-0.4, -0.2) is 28.0 Å². The minimum atomic E-state index is -0.0515. The average molecular weight is 254 g/mol. The molecule has 4 heteroatoms. The van der Waals surface area contributed by atoms with E-state index in [2.05, 4.69) is 12.2 Å². The van der Waals surface area contributed by atoms with Gasteiger partial charge in [-0.05, 0) is 31.5 Å². The van der Waals surface area contributed by atoms with E-state index >= 15 is 0 Å². The van der Waals surface area contributed by atoms with Gasteiger partial charge < -0.3 is 5.32 Å². The van der Waals surface area contributed by atoms with E-state index in [1.165, 1.54) is 19.3 Å². The Hall–Kier alpha value is -0.640. The third-order valence-corrected chi connectivity index (χ3v) is 4.15. The van der Waals surface area contributed by atoms with E-state index in [-0.39, 0.29) is 11.9 Å². The smallest absolute Gasteiger partial charge is 0.251 e. The maximum Gasteiger partial charge on any atom is 0.251 e. The zero-order chi connectivity index (χ0) is 12.3. The minimum absolute atomic E-state index is 0.0515. The van der Waals surface area contributed by atoms with Gasteiger partial charge in [-0.15, -0.1) is 0 Å². The van der Waals surface area contributed by atoms with Crippen LogP contribution >= 0.6 is 12.2 Å². The van der Waals surface area contributed by atoms with Crippen LogP contribution in [0.4, 0.5) is 0 Å². The van der Waals surface area contributed by atoms with Crippen LogP contribution in [0.15, 0.2) is 0 Å². The first kappa shape index (κ1) is 12.8. The number of amides is 1. The Morgan fingerprint density at radius 2 is 2.06 bits per heavy atom. The number of thiocarbonyl (C=S) groups is 1. The van der Waals surface area contributed by atoms with Gasteiger partial charge in [-0.1, -0.05) is 39.0 Å². The summed E-state index contributed by atoms with van der Waals surface area (Å²) in [5.74, 6) is 0.218. The Morgan fingerprint density at radius 3 is 2.71 bits per heavy atom. The van der Waals surface area contributed by atoms with Crippen LogP contribution in [0.25, 0.3) is 0 Å². The van der Waals surface area contributed by atoms with Crippen molar-refractivity contribution in [3.63, 3.8) is 0 Å². The number of carbonyl (C=O) groups is 1. The number of carbonyl (C=O) groups excluding carboxylic acids is 1. The lowest BCUT2D eigenvalue weighted by atomic mass is 9.94. The first-order chi connectivity index (χ1) is 8.24. The van der Waals surface area contributed by atoms with Gasteiger partial charge >= 0.3 is 0 Å². The van der Waals surface area contributed by atoms with Crippen LogP contribution in [-0.2, 0) is 4.79 Å². The molecule has 1 aliphatic heterocycles. The fourth-order valence-corrected chi connectivity index (χ4v) is 3.22. The quantitative estimate of drug-likeness (QED) is 0.783. The van der Waals surface area contributed by atoms with Crippen molar-refractivity contribution in [2.45, 2.75) is 70.4 Å². The highest BCUT2D eigenvalue weighted by Gasteiger charge is 2.39. The monoisotopic (exact) mass is 254 g/mol. The molecule has 2 fully saturated rings. The molecule has 0 spiro atoms. The van der Waals surface area contributed by atoms with Crippen molar-refractivity contribution in [3.8, 4) is 0 Å². The summed E-state index contributed by atoms with van der Waals surface area (Å²) in [5, 5.41) is 3.86. The highest BCUT2D eigenvalue weighted by Crippen LogP contribution is 2.26. The third kappa shape index (κ3) is 2.79. The van der Waals surface area contributed by atoms with Crippen LogP contribution in [0.1, 0.15) is 58.3 Å². The zero-order valence-electron chi connectivity index (χ0n) is 10.6. The molecule has 3 nitrogen and oxygen atoms in total. The van der Waals surface area contributed by atoms with E-state index < -0.39 is 0 Å². The molecular formula is C13H22N2OS. The Balaban J connectivity index is 1.97. The summed E-state index contributed by atoms with van der Waals surface area (Å²) in [6.45, 7) is 2.15. The molecule has 0 radical (unpaired) electrons. The van der Waals surface area contributed by atoms with Gasteiger partial charge in [0.1, 0.15) is 6.04 Å². The lowest BCUT2D eigenvalue weighted by Crippen LogP contribution is -2.41. The van der Waals surface area contributed by atoms with Crippen LogP contribution in [0, 0.1) is 0 Å². The molecule has 1 heterocycles. The molecule has 1 saturated carbocycles. The maximum absolute atomic E-state index is 12.3. The van der Waals surface area contributed by atoms with Crippen LogP contribution < -0.4 is 5.32 Å². The maximum atomic E-state index is 12.3. The summed E-state index contributed by atoms with van der Waals surface area (Å²) in [6, 6.07) is 0.312. The number of hydrogen-bond acceptors (Lipinski definition) is 2. The number of nitrogens with one attached hydrogen (secondary N) is 1. The molecule has 1 aliphatic carbocycles. The summed E-state index contributed by atoms with van der Waals surface area (Å²) < 4.78 is 0. The fraction of sp³-hybridized carbons (Fsp3) is 0.846. The van der Waals surface area contributed by atoms with E-state index in [4.69, 9.17) is 12.2 Å². The Morgan fingerprint density at radius 1 is 1.35 bits per heavy atom. The molecule has 1 saturated heterocycles. The van der Waals surface area contributed by atoms with Crippen molar-refractivity contribution in [2.75, 3.05) is 0 Å². The zero-order valence-corrected chi connectivity index (χ0v) is 11.4. The largest absolute Gasteiger partial charge is 0.350 e. The van der Waals surface area contributed by atoms with Crippen molar-refractivity contribution in [1.29, 1.82) is 0 Å². The number of hydrogen-bond donors (Lipinski definition) is 1. The van der Waals surface area contributed by atoms with Gasteiger partial charge in [0.25, 0.3) is 5.91 Å². The van der Waals surface area contributed by atoms with E-state index in [0.29, 0.717) is 11.2 Å². The van der Waals surface area contributed by atoms with Gasteiger partial charge in [0.05, 0.1) is 0 Å². The molecule has 0 aromatic heterocycles. The van der Waals surface area contributed by atoms with Gasteiger partial charge in [-0.25, -0.2) is 0 Å². The number of unbranched alkanes of at least 4 members (excludes halogenated alkanes) is 1. The highest BCUT2D eigenvalue weighted by atomic mass is 32.1. The average Bonchev–Trinajstić information content (AvgIpc) is 2.63. The van der Waals surface area contributed by atoms with Crippen LogP contribution in [0.2, 0.25) is 0 Å². The second-order valence-electron chi connectivity index (χ2n) is 5.14. The molecule has 0 bridgehead atoms. The molecule has 0 aromatic rings. The molecule has 1 N–H and O–H groups in total. The molecule has 0 unspecified atom stereocenters. The number of rotatable bonds is 4. The lowest BCUT2D eigenvalue weighted by molar-refractivity contribution is -0.129. The highest BCUT2D eigenvalue weighted by molar-refractivity contribution is 7.80. The standard InChI is InChI=1S/C13H22N2OS/c1-2-3-9-11-12(16)15(13(17)14-11)10-7-5-4-6-8-10/h10-11H,2-9H2,1H3,(H,14,17)/t11-/m0/s1. The van der Waals surface area contributed by atoms with Gasteiger partial charge in [0, 0.05) is 6.04 Å². The van der Waals surface area contributed by atoms with E-state index in [9.17, 15) is 4.79 Å². The predicted molar refractivity (Wildman–Crippen MR) is 72.8 cm³/mol. The molecule has 2 rings (SSSR count). The third-order valence-electron chi connectivity index (χ3n) is 3.84. The normalized spacial score (nSPS) is 26.4. The first-order valence-electron chi connectivity index (χ1n) is 6.87. The van der Waals surface area contributed by atoms with Crippen LogP contribution in [0.5, 0.6) is 0 Å². The number of nitrogens with zero attached hydrogens (tertiary/aromatic N) is 1. The molecular weight excluding hydrogens is 232 g/mol. The van der Waals surface area contributed by atoms with E-state index in [1.807, 2.05) is 4.90 Å². The van der Waals surface area contributed by atoms with Crippen molar-refractivity contribution in [1.82, 2.24) is 10.2 Å². The first-order valence-corrected chi connectivity index (χ1v) is 7.28. The second-order valence-corrected chi connectivity index (χ2v) is 5.53.